The minimum Gasteiger partial charge on any atom is -0.480 e. The minimum atomic E-state index is -0.872. The molecule has 0 spiro atoms. The van der Waals surface area contributed by atoms with E-state index in [-0.39, 0.29) is 6.54 Å². The third-order valence-electron chi connectivity index (χ3n) is 1.53. The summed E-state index contributed by atoms with van der Waals surface area (Å²) in [6.45, 7) is 2.85. The first-order valence-electron chi connectivity index (χ1n) is 4.20. The third kappa shape index (κ3) is 3.14. The zero-order valence-corrected chi connectivity index (χ0v) is 7.53. The van der Waals surface area contributed by atoms with Crippen molar-refractivity contribution in [2.24, 2.45) is 0 Å². The second-order valence-electron chi connectivity index (χ2n) is 2.74. The summed E-state index contributed by atoms with van der Waals surface area (Å²) >= 11 is 0. The van der Waals surface area contributed by atoms with Gasteiger partial charge in [-0.2, -0.15) is 5.10 Å². The molecule has 0 radical (unpaired) electrons. The van der Waals surface area contributed by atoms with Gasteiger partial charge in [-0.25, -0.2) is 0 Å². The van der Waals surface area contributed by atoms with Gasteiger partial charge in [0, 0.05) is 12.7 Å². The van der Waals surface area contributed by atoms with Crippen molar-refractivity contribution in [2.45, 2.75) is 19.9 Å². The van der Waals surface area contributed by atoms with E-state index in [0.29, 0.717) is 0 Å². The zero-order chi connectivity index (χ0) is 9.68. The predicted octanol–water partition coefficient (Wildman–Crippen LogP) is 0.790. The molecule has 0 bridgehead atoms. The molecule has 5 nitrogen and oxygen atoms in total. The number of nitrogens with zero attached hydrogens (tertiary/aromatic N) is 2. The van der Waals surface area contributed by atoms with Crippen LogP contribution in [0.2, 0.25) is 0 Å². The molecule has 13 heavy (non-hydrogen) atoms. The number of rotatable bonds is 5. The zero-order valence-electron chi connectivity index (χ0n) is 7.53. The van der Waals surface area contributed by atoms with Crippen LogP contribution in [0, 0.1) is 0 Å². The van der Waals surface area contributed by atoms with Crippen molar-refractivity contribution in [3.63, 3.8) is 0 Å². The Labute approximate surface area is 76.4 Å². The van der Waals surface area contributed by atoms with Gasteiger partial charge in [0.1, 0.15) is 6.54 Å². The number of aryl methyl sites for hydroxylation is 1. The van der Waals surface area contributed by atoms with Crippen LogP contribution in [0.3, 0.4) is 0 Å². The van der Waals surface area contributed by atoms with Crippen LogP contribution in [0.15, 0.2) is 12.4 Å². The molecular weight excluding hydrogens is 170 g/mol. The van der Waals surface area contributed by atoms with Gasteiger partial charge in [-0.05, 0) is 6.42 Å². The van der Waals surface area contributed by atoms with Gasteiger partial charge >= 0.3 is 5.97 Å². The molecular formula is C8H13N3O2. The molecule has 0 aliphatic rings. The number of carboxylic acids is 1. The van der Waals surface area contributed by atoms with E-state index in [1.807, 2.05) is 0 Å². The van der Waals surface area contributed by atoms with Crippen molar-refractivity contribution < 1.29 is 9.90 Å². The minimum absolute atomic E-state index is 0.0716. The average Bonchev–Trinajstić information content (AvgIpc) is 2.50. The lowest BCUT2D eigenvalue weighted by Gasteiger charge is -1.97. The average molecular weight is 183 g/mol. The molecule has 1 aromatic heterocycles. The van der Waals surface area contributed by atoms with Gasteiger partial charge in [0.15, 0.2) is 0 Å². The number of hydrogen-bond acceptors (Lipinski definition) is 3. The fourth-order valence-electron chi connectivity index (χ4n) is 0.984. The molecule has 2 N–H and O–H groups in total. The van der Waals surface area contributed by atoms with E-state index < -0.39 is 5.97 Å². The molecule has 0 saturated carbocycles. The van der Waals surface area contributed by atoms with Crippen LogP contribution >= 0.6 is 0 Å². The van der Waals surface area contributed by atoms with Crippen LogP contribution in [-0.2, 0) is 11.3 Å². The van der Waals surface area contributed by atoms with Gasteiger partial charge in [-0.1, -0.05) is 6.92 Å². The SMILES string of the molecule is CCCn1cc(NCC(=O)O)cn1. The summed E-state index contributed by atoms with van der Waals surface area (Å²) in [5, 5.41) is 15.2. The Hall–Kier alpha value is -1.52. The first-order valence-corrected chi connectivity index (χ1v) is 4.20. The molecule has 5 heteroatoms. The fourth-order valence-corrected chi connectivity index (χ4v) is 0.984. The van der Waals surface area contributed by atoms with Gasteiger partial charge in [0.25, 0.3) is 0 Å². The number of aromatic nitrogens is 2. The molecule has 0 unspecified atom stereocenters. The standard InChI is InChI=1S/C8H13N3O2/c1-2-3-11-6-7(4-10-11)9-5-8(12)13/h4,6,9H,2-3,5H2,1H3,(H,12,13). The molecule has 0 fully saturated rings. The predicted molar refractivity (Wildman–Crippen MR) is 48.6 cm³/mol. The Bertz CT molecular complexity index is 283. The van der Waals surface area contributed by atoms with E-state index in [2.05, 4.69) is 17.3 Å². The Morgan fingerprint density at radius 3 is 3.15 bits per heavy atom. The van der Waals surface area contributed by atoms with Crippen molar-refractivity contribution in [3.8, 4) is 0 Å². The molecule has 1 aromatic rings. The van der Waals surface area contributed by atoms with Crippen molar-refractivity contribution in [1.82, 2.24) is 9.78 Å². The lowest BCUT2D eigenvalue weighted by atomic mass is 10.5. The maximum absolute atomic E-state index is 10.2. The molecule has 1 rings (SSSR count). The highest BCUT2D eigenvalue weighted by atomic mass is 16.4. The smallest absolute Gasteiger partial charge is 0.322 e. The summed E-state index contributed by atoms with van der Waals surface area (Å²) in [7, 11) is 0. The number of hydrogen-bond donors (Lipinski definition) is 2. The van der Waals surface area contributed by atoms with E-state index in [4.69, 9.17) is 5.11 Å². The maximum atomic E-state index is 10.2. The van der Waals surface area contributed by atoms with E-state index in [1.165, 1.54) is 0 Å². The van der Waals surface area contributed by atoms with Gasteiger partial charge < -0.3 is 10.4 Å². The van der Waals surface area contributed by atoms with E-state index >= 15 is 0 Å². The van der Waals surface area contributed by atoms with Crippen LogP contribution < -0.4 is 5.32 Å². The first kappa shape index (κ1) is 9.57. The first-order chi connectivity index (χ1) is 6.22. The molecule has 0 amide bonds. The number of aliphatic carboxylic acids is 1. The van der Waals surface area contributed by atoms with Crippen molar-refractivity contribution in [3.05, 3.63) is 12.4 Å². The second kappa shape index (κ2) is 4.49. The number of anilines is 1. The van der Waals surface area contributed by atoms with Gasteiger partial charge in [-0.15, -0.1) is 0 Å². The Morgan fingerprint density at radius 2 is 2.54 bits per heavy atom. The van der Waals surface area contributed by atoms with E-state index in [0.717, 1.165) is 18.7 Å². The largest absolute Gasteiger partial charge is 0.480 e. The highest BCUT2D eigenvalue weighted by Crippen LogP contribution is 2.04. The van der Waals surface area contributed by atoms with E-state index in [9.17, 15) is 4.79 Å². The number of carboxylic acid groups (broad SMARTS) is 1. The summed E-state index contributed by atoms with van der Waals surface area (Å²) < 4.78 is 1.78. The van der Waals surface area contributed by atoms with Gasteiger partial charge in [-0.3, -0.25) is 9.48 Å². The van der Waals surface area contributed by atoms with Gasteiger partial charge in [0.2, 0.25) is 0 Å². The van der Waals surface area contributed by atoms with Crippen molar-refractivity contribution in [1.29, 1.82) is 0 Å². The third-order valence-corrected chi connectivity index (χ3v) is 1.53. The summed E-state index contributed by atoms with van der Waals surface area (Å²) in [6, 6.07) is 0. The molecule has 1 heterocycles. The van der Waals surface area contributed by atoms with Crippen molar-refractivity contribution >= 4 is 11.7 Å². The molecule has 0 saturated heterocycles. The monoisotopic (exact) mass is 183 g/mol. The molecule has 0 atom stereocenters. The maximum Gasteiger partial charge on any atom is 0.322 e. The lowest BCUT2D eigenvalue weighted by Crippen LogP contribution is -2.11. The van der Waals surface area contributed by atoms with Crippen LogP contribution in [0.5, 0.6) is 0 Å². The lowest BCUT2D eigenvalue weighted by molar-refractivity contribution is -0.134. The van der Waals surface area contributed by atoms with Crippen LogP contribution in [0.1, 0.15) is 13.3 Å². The number of nitrogens with one attached hydrogen (secondary N) is 1. The summed E-state index contributed by atoms with van der Waals surface area (Å²) in [5.74, 6) is -0.872. The van der Waals surface area contributed by atoms with Crippen LogP contribution in [0.4, 0.5) is 5.69 Å². The quantitative estimate of drug-likeness (QED) is 0.708. The normalized spacial score (nSPS) is 9.92. The highest BCUT2D eigenvalue weighted by Gasteiger charge is 1.99. The van der Waals surface area contributed by atoms with Crippen LogP contribution in [0.25, 0.3) is 0 Å². The van der Waals surface area contributed by atoms with E-state index in [1.54, 1.807) is 17.1 Å². The highest BCUT2D eigenvalue weighted by molar-refractivity contribution is 5.72. The number of carbonyl (C=O) groups is 1. The second-order valence-corrected chi connectivity index (χ2v) is 2.74. The summed E-state index contributed by atoms with van der Waals surface area (Å²) in [6.07, 6.45) is 4.44. The van der Waals surface area contributed by atoms with Crippen molar-refractivity contribution in [2.75, 3.05) is 11.9 Å². The molecule has 72 valence electrons. The molecule has 0 aromatic carbocycles. The topological polar surface area (TPSA) is 67.2 Å². The summed E-state index contributed by atoms with van der Waals surface area (Å²) in [5.41, 5.74) is 0.746. The Balaban J connectivity index is 2.44. The Kier molecular flexibility index (Phi) is 3.31. The Morgan fingerprint density at radius 1 is 1.77 bits per heavy atom. The summed E-state index contributed by atoms with van der Waals surface area (Å²) in [4.78, 5) is 10.2. The van der Waals surface area contributed by atoms with Gasteiger partial charge in [0.05, 0.1) is 11.9 Å². The molecule has 0 aliphatic carbocycles. The fraction of sp³-hybridized carbons (Fsp3) is 0.500. The molecule has 0 aliphatic heterocycles. The van der Waals surface area contributed by atoms with Crippen LogP contribution in [-0.4, -0.2) is 27.4 Å².